The molecule has 0 aromatic heterocycles. The molecule has 0 aromatic rings. The van der Waals surface area contributed by atoms with Gasteiger partial charge in [0.15, 0.2) is 0 Å². The Morgan fingerprint density at radius 3 is 2.89 bits per heavy atom. The predicted octanol–water partition coefficient (Wildman–Crippen LogP) is 1.83. The van der Waals surface area contributed by atoms with E-state index < -0.39 is 0 Å². The van der Waals surface area contributed by atoms with E-state index in [4.69, 9.17) is 10.5 Å². The first kappa shape index (κ1) is 14.8. The second kappa shape index (κ2) is 7.25. The second-order valence-electron chi connectivity index (χ2n) is 6.19. The van der Waals surface area contributed by atoms with Gasteiger partial charge in [0.2, 0.25) is 5.91 Å². The average Bonchev–Trinajstić information content (AvgIpc) is 2.91. The monoisotopic (exact) mass is 268 g/mol. The van der Waals surface area contributed by atoms with Crippen LogP contribution in [0.4, 0.5) is 0 Å². The highest BCUT2D eigenvalue weighted by atomic mass is 16.5. The average molecular weight is 268 g/mol. The van der Waals surface area contributed by atoms with Crippen LogP contribution in [-0.2, 0) is 9.53 Å². The second-order valence-corrected chi connectivity index (χ2v) is 6.19. The molecule has 1 amide bonds. The number of nitrogens with two attached hydrogens (primary N) is 1. The van der Waals surface area contributed by atoms with E-state index in [1.54, 1.807) is 0 Å². The van der Waals surface area contributed by atoms with E-state index in [0.717, 1.165) is 51.7 Å². The molecule has 4 atom stereocenters. The van der Waals surface area contributed by atoms with Crippen molar-refractivity contribution in [2.45, 2.75) is 64.0 Å². The lowest BCUT2D eigenvalue weighted by atomic mass is 9.78. The van der Waals surface area contributed by atoms with Crippen molar-refractivity contribution in [1.29, 1.82) is 0 Å². The molecule has 2 rings (SSSR count). The zero-order valence-electron chi connectivity index (χ0n) is 12.1. The summed E-state index contributed by atoms with van der Waals surface area (Å²) in [7, 11) is 0. The molecule has 0 bridgehead atoms. The van der Waals surface area contributed by atoms with Gasteiger partial charge in [0.1, 0.15) is 0 Å². The molecule has 0 radical (unpaired) electrons. The van der Waals surface area contributed by atoms with Gasteiger partial charge in [0.05, 0.1) is 6.10 Å². The molecular formula is C15H28N2O2. The third-order valence-electron chi connectivity index (χ3n) is 4.67. The van der Waals surface area contributed by atoms with Crippen LogP contribution >= 0.6 is 0 Å². The largest absolute Gasteiger partial charge is 0.378 e. The fraction of sp³-hybridized carbons (Fsp3) is 0.933. The molecule has 2 aliphatic rings. The van der Waals surface area contributed by atoms with Crippen molar-refractivity contribution in [2.75, 3.05) is 13.2 Å². The van der Waals surface area contributed by atoms with Gasteiger partial charge in [-0.05, 0) is 44.4 Å². The first-order chi connectivity index (χ1) is 9.16. The summed E-state index contributed by atoms with van der Waals surface area (Å²) in [6.45, 7) is 3.67. The molecule has 0 spiro atoms. The predicted molar refractivity (Wildman–Crippen MR) is 75.7 cm³/mol. The van der Waals surface area contributed by atoms with Crippen LogP contribution in [0.2, 0.25) is 0 Å². The summed E-state index contributed by atoms with van der Waals surface area (Å²) in [5, 5.41) is 3.06. The topological polar surface area (TPSA) is 64.3 Å². The molecule has 110 valence electrons. The molecule has 1 aliphatic heterocycles. The molecule has 4 nitrogen and oxygen atoms in total. The Labute approximate surface area is 116 Å². The number of ether oxygens (including phenoxy) is 1. The van der Waals surface area contributed by atoms with Gasteiger partial charge in [0.25, 0.3) is 0 Å². The standard InChI is InChI=1S/C15H28N2O2/c1-11(12-4-2-5-13(16)10-12)15(18)17-8-7-14-6-3-9-19-14/h11-14H,2-10,16H2,1H3,(H,17,18). The maximum Gasteiger partial charge on any atom is 0.223 e. The highest BCUT2D eigenvalue weighted by Crippen LogP contribution is 2.29. The van der Waals surface area contributed by atoms with E-state index in [0.29, 0.717) is 18.1 Å². The van der Waals surface area contributed by atoms with Crippen LogP contribution in [-0.4, -0.2) is 31.2 Å². The SMILES string of the molecule is CC(C(=O)NCCC1CCCO1)C1CCCC(N)C1. The smallest absolute Gasteiger partial charge is 0.223 e. The number of hydrogen-bond donors (Lipinski definition) is 2. The fourth-order valence-corrected chi connectivity index (χ4v) is 3.32. The minimum Gasteiger partial charge on any atom is -0.378 e. The minimum absolute atomic E-state index is 0.0934. The summed E-state index contributed by atoms with van der Waals surface area (Å²) >= 11 is 0. The van der Waals surface area contributed by atoms with Crippen molar-refractivity contribution in [1.82, 2.24) is 5.32 Å². The molecule has 1 aliphatic carbocycles. The summed E-state index contributed by atoms with van der Waals surface area (Å²) in [4.78, 5) is 12.1. The number of rotatable bonds is 5. The van der Waals surface area contributed by atoms with E-state index in [-0.39, 0.29) is 11.8 Å². The fourth-order valence-electron chi connectivity index (χ4n) is 3.32. The molecule has 1 saturated carbocycles. The van der Waals surface area contributed by atoms with Crippen LogP contribution in [0.3, 0.4) is 0 Å². The van der Waals surface area contributed by atoms with Crippen molar-refractivity contribution in [3.8, 4) is 0 Å². The first-order valence-electron chi connectivity index (χ1n) is 7.81. The van der Waals surface area contributed by atoms with Gasteiger partial charge in [-0.1, -0.05) is 13.3 Å². The van der Waals surface area contributed by atoms with Crippen LogP contribution in [0, 0.1) is 11.8 Å². The molecular weight excluding hydrogens is 240 g/mol. The third-order valence-corrected chi connectivity index (χ3v) is 4.67. The lowest BCUT2D eigenvalue weighted by molar-refractivity contribution is -0.126. The highest BCUT2D eigenvalue weighted by Gasteiger charge is 2.28. The zero-order valence-corrected chi connectivity index (χ0v) is 12.1. The number of hydrogen-bond acceptors (Lipinski definition) is 3. The number of carbonyl (C=O) groups excluding carboxylic acids is 1. The van der Waals surface area contributed by atoms with Gasteiger partial charge < -0.3 is 15.8 Å². The summed E-state index contributed by atoms with van der Waals surface area (Å²) in [5.41, 5.74) is 6.00. The molecule has 1 saturated heterocycles. The maximum absolute atomic E-state index is 12.1. The molecule has 4 heteroatoms. The Morgan fingerprint density at radius 2 is 2.21 bits per heavy atom. The van der Waals surface area contributed by atoms with Crippen LogP contribution in [0.1, 0.15) is 51.9 Å². The van der Waals surface area contributed by atoms with E-state index in [1.165, 1.54) is 6.42 Å². The normalized spacial score (nSPS) is 33.1. The van der Waals surface area contributed by atoms with E-state index in [2.05, 4.69) is 5.32 Å². The van der Waals surface area contributed by atoms with E-state index in [1.807, 2.05) is 6.92 Å². The summed E-state index contributed by atoms with van der Waals surface area (Å²) in [6.07, 6.45) is 8.04. The summed E-state index contributed by atoms with van der Waals surface area (Å²) < 4.78 is 5.56. The Hall–Kier alpha value is -0.610. The number of carbonyl (C=O) groups is 1. The van der Waals surface area contributed by atoms with Crippen LogP contribution in [0.15, 0.2) is 0 Å². The maximum atomic E-state index is 12.1. The van der Waals surface area contributed by atoms with Crippen molar-refractivity contribution in [3.63, 3.8) is 0 Å². The van der Waals surface area contributed by atoms with Gasteiger partial charge in [-0.2, -0.15) is 0 Å². The Morgan fingerprint density at radius 1 is 1.37 bits per heavy atom. The lowest BCUT2D eigenvalue weighted by Crippen LogP contribution is -2.38. The van der Waals surface area contributed by atoms with Crippen molar-refractivity contribution in [3.05, 3.63) is 0 Å². The third kappa shape index (κ3) is 4.46. The zero-order chi connectivity index (χ0) is 13.7. The lowest BCUT2D eigenvalue weighted by Gasteiger charge is -2.30. The van der Waals surface area contributed by atoms with Crippen LogP contribution in [0.5, 0.6) is 0 Å². The summed E-state index contributed by atoms with van der Waals surface area (Å²) in [6, 6.07) is 0.292. The minimum atomic E-state index is 0.0934. The highest BCUT2D eigenvalue weighted by molar-refractivity contribution is 5.78. The van der Waals surface area contributed by atoms with Crippen molar-refractivity contribution < 1.29 is 9.53 Å². The van der Waals surface area contributed by atoms with E-state index in [9.17, 15) is 4.79 Å². The molecule has 1 heterocycles. The van der Waals surface area contributed by atoms with Gasteiger partial charge in [-0.25, -0.2) is 0 Å². The van der Waals surface area contributed by atoms with Gasteiger partial charge >= 0.3 is 0 Å². The molecule has 19 heavy (non-hydrogen) atoms. The van der Waals surface area contributed by atoms with Crippen molar-refractivity contribution in [2.24, 2.45) is 17.6 Å². The van der Waals surface area contributed by atoms with Crippen LogP contribution in [0.25, 0.3) is 0 Å². The molecule has 2 fully saturated rings. The van der Waals surface area contributed by atoms with E-state index >= 15 is 0 Å². The van der Waals surface area contributed by atoms with Gasteiger partial charge in [0, 0.05) is 25.1 Å². The molecule has 0 aromatic carbocycles. The Kier molecular flexibility index (Phi) is 5.64. The quantitative estimate of drug-likeness (QED) is 0.799. The summed E-state index contributed by atoms with van der Waals surface area (Å²) in [5.74, 6) is 0.749. The molecule has 3 N–H and O–H groups in total. The van der Waals surface area contributed by atoms with Gasteiger partial charge in [-0.15, -0.1) is 0 Å². The first-order valence-corrected chi connectivity index (χ1v) is 7.81. The molecule has 4 unspecified atom stereocenters. The Bertz CT molecular complexity index is 290. The van der Waals surface area contributed by atoms with Crippen molar-refractivity contribution >= 4 is 5.91 Å². The number of amides is 1. The Balaban J connectivity index is 1.66. The van der Waals surface area contributed by atoms with Gasteiger partial charge in [-0.3, -0.25) is 4.79 Å². The number of nitrogens with one attached hydrogen (secondary N) is 1. The van der Waals surface area contributed by atoms with Crippen LogP contribution < -0.4 is 11.1 Å².